The number of allylic oxidation sites excluding steroid dienone is 2. The van der Waals surface area contributed by atoms with E-state index in [1.54, 1.807) is 6.07 Å². The zero-order valence-electron chi connectivity index (χ0n) is 12.0. The summed E-state index contributed by atoms with van der Waals surface area (Å²) in [5.41, 5.74) is 4.30. The Labute approximate surface area is 124 Å². The van der Waals surface area contributed by atoms with Crippen molar-refractivity contribution < 1.29 is 4.39 Å². The van der Waals surface area contributed by atoms with E-state index in [9.17, 15) is 4.39 Å². The summed E-state index contributed by atoms with van der Waals surface area (Å²) in [4.78, 5) is 0. The van der Waals surface area contributed by atoms with E-state index in [-0.39, 0.29) is 11.9 Å². The van der Waals surface area contributed by atoms with E-state index in [4.69, 9.17) is 0 Å². The Hall–Kier alpha value is -2.35. The average Bonchev–Trinajstić information content (AvgIpc) is 2.55. The lowest BCUT2D eigenvalue weighted by molar-refractivity contribution is 0.586. The van der Waals surface area contributed by atoms with E-state index in [2.05, 4.69) is 30.4 Å². The standard InChI is InChI=1S/C19H18FN/c1-2-14-12-19(16-10-6-7-11-18(16)20)21-13-17(14)15-8-4-3-5-9-15/h3-13,19,21H,2H2,1H3. The fourth-order valence-corrected chi connectivity index (χ4v) is 2.71. The molecule has 1 nitrogen and oxygen atoms in total. The molecule has 21 heavy (non-hydrogen) atoms. The molecule has 1 aliphatic rings. The molecule has 0 spiro atoms. The van der Waals surface area contributed by atoms with Gasteiger partial charge in [-0.25, -0.2) is 4.39 Å². The lowest BCUT2D eigenvalue weighted by atomic mass is 9.91. The van der Waals surface area contributed by atoms with Gasteiger partial charge in [-0.3, -0.25) is 0 Å². The maximum Gasteiger partial charge on any atom is 0.128 e. The molecule has 0 fully saturated rings. The van der Waals surface area contributed by atoms with Crippen LogP contribution in [0.15, 0.2) is 72.4 Å². The van der Waals surface area contributed by atoms with Crippen LogP contribution in [-0.4, -0.2) is 0 Å². The zero-order valence-corrected chi connectivity index (χ0v) is 12.0. The third kappa shape index (κ3) is 2.75. The van der Waals surface area contributed by atoms with Gasteiger partial charge < -0.3 is 5.32 Å². The molecule has 106 valence electrons. The number of dihydropyridines is 1. The molecule has 1 heterocycles. The fraction of sp³-hybridized carbons (Fsp3) is 0.158. The van der Waals surface area contributed by atoms with Crippen molar-refractivity contribution in [3.05, 3.63) is 89.4 Å². The number of benzene rings is 2. The van der Waals surface area contributed by atoms with Crippen LogP contribution < -0.4 is 5.32 Å². The van der Waals surface area contributed by atoms with Gasteiger partial charge in [0, 0.05) is 17.3 Å². The maximum atomic E-state index is 13.9. The molecule has 3 rings (SSSR count). The van der Waals surface area contributed by atoms with Gasteiger partial charge in [-0.2, -0.15) is 0 Å². The molecule has 0 aromatic heterocycles. The second-order valence-electron chi connectivity index (χ2n) is 5.14. The summed E-state index contributed by atoms with van der Waals surface area (Å²) in [5.74, 6) is -0.168. The van der Waals surface area contributed by atoms with Crippen LogP contribution in [0.4, 0.5) is 4.39 Å². The Morgan fingerprint density at radius 2 is 1.71 bits per heavy atom. The van der Waals surface area contributed by atoms with Crippen LogP contribution in [0.3, 0.4) is 0 Å². The molecular formula is C19H18FN. The van der Waals surface area contributed by atoms with Crippen LogP contribution >= 0.6 is 0 Å². The summed E-state index contributed by atoms with van der Waals surface area (Å²) < 4.78 is 13.9. The van der Waals surface area contributed by atoms with Crippen molar-refractivity contribution in [2.75, 3.05) is 0 Å². The number of rotatable bonds is 3. The third-order valence-corrected chi connectivity index (χ3v) is 3.83. The highest BCUT2D eigenvalue weighted by Crippen LogP contribution is 2.32. The Morgan fingerprint density at radius 3 is 2.43 bits per heavy atom. The number of nitrogens with one attached hydrogen (secondary N) is 1. The monoisotopic (exact) mass is 279 g/mol. The van der Waals surface area contributed by atoms with Crippen molar-refractivity contribution in [3.8, 4) is 0 Å². The molecule has 0 saturated heterocycles. The van der Waals surface area contributed by atoms with Gasteiger partial charge in [0.05, 0.1) is 6.04 Å². The smallest absolute Gasteiger partial charge is 0.128 e. The van der Waals surface area contributed by atoms with Crippen molar-refractivity contribution in [2.45, 2.75) is 19.4 Å². The van der Waals surface area contributed by atoms with E-state index in [0.29, 0.717) is 5.56 Å². The van der Waals surface area contributed by atoms with Crippen molar-refractivity contribution in [1.29, 1.82) is 0 Å². The van der Waals surface area contributed by atoms with Gasteiger partial charge in [-0.1, -0.05) is 61.5 Å². The fourth-order valence-electron chi connectivity index (χ4n) is 2.71. The van der Waals surface area contributed by atoms with Crippen LogP contribution in [-0.2, 0) is 0 Å². The predicted octanol–water partition coefficient (Wildman–Crippen LogP) is 4.85. The van der Waals surface area contributed by atoms with Gasteiger partial charge in [0.1, 0.15) is 5.82 Å². The molecule has 0 saturated carbocycles. The minimum atomic E-state index is -0.168. The first kappa shape index (κ1) is 13.6. The first-order valence-electron chi connectivity index (χ1n) is 7.26. The Morgan fingerprint density at radius 1 is 1.00 bits per heavy atom. The number of hydrogen-bond acceptors (Lipinski definition) is 1. The molecule has 2 aromatic carbocycles. The first-order valence-corrected chi connectivity index (χ1v) is 7.26. The molecular weight excluding hydrogens is 261 g/mol. The van der Waals surface area contributed by atoms with Crippen LogP contribution in [0.5, 0.6) is 0 Å². The summed E-state index contributed by atoms with van der Waals surface area (Å²) in [6.45, 7) is 2.13. The van der Waals surface area contributed by atoms with Crippen molar-refractivity contribution in [3.63, 3.8) is 0 Å². The lowest BCUT2D eigenvalue weighted by Gasteiger charge is -2.24. The van der Waals surface area contributed by atoms with E-state index < -0.39 is 0 Å². The van der Waals surface area contributed by atoms with E-state index in [1.165, 1.54) is 22.8 Å². The van der Waals surface area contributed by atoms with Crippen molar-refractivity contribution in [1.82, 2.24) is 5.32 Å². The van der Waals surface area contributed by atoms with Gasteiger partial charge in [0.25, 0.3) is 0 Å². The predicted molar refractivity (Wildman–Crippen MR) is 85.1 cm³/mol. The molecule has 1 N–H and O–H groups in total. The quantitative estimate of drug-likeness (QED) is 0.847. The summed E-state index contributed by atoms with van der Waals surface area (Å²) in [6, 6.07) is 17.1. The highest BCUT2D eigenvalue weighted by Gasteiger charge is 2.18. The SMILES string of the molecule is CCC1=CC(c2ccccc2F)NC=C1c1ccccc1. The normalized spacial score (nSPS) is 17.7. The molecule has 1 atom stereocenters. The second-order valence-corrected chi connectivity index (χ2v) is 5.14. The van der Waals surface area contributed by atoms with E-state index in [0.717, 1.165) is 6.42 Å². The number of halogens is 1. The van der Waals surface area contributed by atoms with Crippen LogP contribution in [0.1, 0.15) is 30.5 Å². The van der Waals surface area contributed by atoms with Gasteiger partial charge in [-0.15, -0.1) is 0 Å². The molecule has 0 bridgehead atoms. The topological polar surface area (TPSA) is 12.0 Å². The minimum Gasteiger partial charge on any atom is -0.380 e. The Kier molecular flexibility index (Phi) is 3.87. The molecule has 0 aliphatic carbocycles. The van der Waals surface area contributed by atoms with E-state index >= 15 is 0 Å². The lowest BCUT2D eigenvalue weighted by Crippen LogP contribution is -2.19. The minimum absolute atomic E-state index is 0.103. The van der Waals surface area contributed by atoms with E-state index in [1.807, 2.05) is 36.5 Å². The van der Waals surface area contributed by atoms with Gasteiger partial charge in [-0.05, 0) is 23.6 Å². The maximum absolute atomic E-state index is 13.9. The summed E-state index contributed by atoms with van der Waals surface area (Å²) in [5, 5.41) is 3.31. The van der Waals surface area contributed by atoms with Gasteiger partial charge in [0.15, 0.2) is 0 Å². The van der Waals surface area contributed by atoms with Crippen molar-refractivity contribution >= 4 is 5.57 Å². The molecule has 0 amide bonds. The summed E-state index contributed by atoms with van der Waals surface area (Å²) in [7, 11) is 0. The molecule has 1 unspecified atom stereocenters. The highest BCUT2D eigenvalue weighted by atomic mass is 19.1. The zero-order chi connectivity index (χ0) is 14.7. The van der Waals surface area contributed by atoms with Gasteiger partial charge >= 0.3 is 0 Å². The molecule has 0 radical (unpaired) electrons. The van der Waals surface area contributed by atoms with Crippen LogP contribution in [0, 0.1) is 5.82 Å². The molecule has 2 heteroatoms. The Balaban J connectivity index is 1.94. The van der Waals surface area contributed by atoms with Crippen LogP contribution in [0.2, 0.25) is 0 Å². The second kappa shape index (κ2) is 5.96. The van der Waals surface area contributed by atoms with Gasteiger partial charge in [0.2, 0.25) is 0 Å². The largest absolute Gasteiger partial charge is 0.380 e. The molecule has 1 aliphatic heterocycles. The Bertz CT molecular complexity index is 686. The first-order chi connectivity index (χ1) is 10.3. The highest BCUT2D eigenvalue weighted by molar-refractivity contribution is 5.79. The molecule has 2 aromatic rings. The van der Waals surface area contributed by atoms with Crippen LogP contribution in [0.25, 0.3) is 5.57 Å². The number of hydrogen-bond donors (Lipinski definition) is 1. The van der Waals surface area contributed by atoms with Crippen molar-refractivity contribution in [2.24, 2.45) is 0 Å². The summed E-state index contributed by atoms with van der Waals surface area (Å²) in [6.07, 6.45) is 5.05. The average molecular weight is 279 g/mol. The third-order valence-electron chi connectivity index (χ3n) is 3.83. The summed E-state index contributed by atoms with van der Waals surface area (Å²) >= 11 is 0.